The first-order valence-electron chi connectivity index (χ1n) is 7.47. The fraction of sp³-hybridized carbons (Fsp3) is 0. The zero-order valence-corrected chi connectivity index (χ0v) is 12.9. The molecule has 1 aromatic carbocycles. The molecule has 0 fully saturated rings. The van der Waals surface area contributed by atoms with Crippen LogP contribution in [-0.2, 0) is 0 Å². The highest BCUT2D eigenvalue weighted by atomic mass is 16.3. The summed E-state index contributed by atoms with van der Waals surface area (Å²) >= 11 is 0. The van der Waals surface area contributed by atoms with Crippen LogP contribution >= 0.6 is 0 Å². The Balaban J connectivity index is 1.60. The van der Waals surface area contributed by atoms with Crippen LogP contribution in [0.3, 0.4) is 0 Å². The number of aromatic hydroxyl groups is 1. The summed E-state index contributed by atoms with van der Waals surface area (Å²) in [7, 11) is 0. The summed E-state index contributed by atoms with van der Waals surface area (Å²) in [6, 6.07) is 12.9. The summed E-state index contributed by atoms with van der Waals surface area (Å²) in [6.45, 7) is 0. The van der Waals surface area contributed by atoms with E-state index in [-0.39, 0.29) is 11.7 Å². The predicted molar refractivity (Wildman–Crippen MR) is 91.1 cm³/mol. The molecule has 122 valence electrons. The fourth-order valence-corrected chi connectivity index (χ4v) is 2.33. The molecule has 7 heteroatoms. The molecule has 0 spiro atoms. The van der Waals surface area contributed by atoms with E-state index in [0.717, 1.165) is 0 Å². The molecule has 2 N–H and O–H groups in total. The molecule has 7 nitrogen and oxygen atoms in total. The summed E-state index contributed by atoms with van der Waals surface area (Å²) in [5, 5.41) is 12.0. The Kier molecular flexibility index (Phi) is 3.59. The second kappa shape index (κ2) is 6.04. The molecule has 0 aliphatic carbocycles. The van der Waals surface area contributed by atoms with Crippen LogP contribution in [0.15, 0.2) is 65.3 Å². The lowest BCUT2D eigenvalue weighted by atomic mass is 10.2. The Hall–Kier alpha value is -3.74. The summed E-state index contributed by atoms with van der Waals surface area (Å²) < 4.78 is 5.67. The van der Waals surface area contributed by atoms with Crippen molar-refractivity contribution in [1.29, 1.82) is 0 Å². The number of nitrogens with zero attached hydrogens (tertiary/aromatic N) is 3. The minimum Gasteiger partial charge on any atom is -0.508 e. The summed E-state index contributed by atoms with van der Waals surface area (Å²) in [4.78, 5) is 24.8. The minimum atomic E-state index is -0.330. The SMILES string of the molecule is O=C(Nc1cc(-c2nc3ncccc3o2)ccn1)c1ccc(O)cc1. The van der Waals surface area contributed by atoms with Gasteiger partial charge in [-0.1, -0.05) is 0 Å². The fourth-order valence-electron chi connectivity index (χ4n) is 2.33. The average molecular weight is 332 g/mol. The number of oxazole rings is 1. The predicted octanol–water partition coefficient (Wildman–Crippen LogP) is 3.24. The van der Waals surface area contributed by atoms with Crippen LogP contribution < -0.4 is 5.32 Å². The van der Waals surface area contributed by atoms with Gasteiger partial charge in [0.05, 0.1) is 0 Å². The molecule has 4 rings (SSSR count). The van der Waals surface area contributed by atoms with Crippen molar-refractivity contribution in [2.75, 3.05) is 5.32 Å². The number of rotatable bonds is 3. The molecule has 0 radical (unpaired) electrons. The first-order valence-corrected chi connectivity index (χ1v) is 7.47. The van der Waals surface area contributed by atoms with Crippen LogP contribution in [0.2, 0.25) is 0 Å². The number of aromatic nitrogens is 3. The molecule has 0 saturated carbocycles. The largest absolute Gasteiger partial charge is 0.508 e. The Labute approximate surface area is 142 Å². The highest BCUT2D eigenvalue weighted by Crippen LogP contribution is 2.24. The first kappa shape index (κ1) is 14.8. The third-order valence-electron chi connectivity index (χ3n) is 3.54. The van der Waals surface area contributed by atoms with E-state index in [1.165, 1.54) is 24.3 Å². The zero-order valence-electron chi connectivity index (χ0n) is 12.9. The highest BCUT2D eigenvalue weighted by molar-refractivity contribution is 6.04. The van der Waals surface area contributed by atoms with Gasteiger partial charge in [0, 0.05) is 23.5 Å². The van der Waals surface area contributed by atoms with Gasteiger partial charge in [0.2, 0.25) is 5.89 Å². The summed E-state index contributed by atoms with van der Waals surface area (Å²) in [5.74, 6) is 0.534. The number of phenolic OH excluding ortho intramolecular Hbond substituents is 1. The van der Waals surface area contributed by atoms with Gasteiger partial charge in [-0.2, -0.15) is 4.98 Å². The van der Waals surface area contributed by atoms with Gasteiger partial charge >= 0.3 is 0 Å². The number of amides is 1. The van der Waals surface area contributed by atoms with Gasteiger partial charge in [-0.25, -0.2) is 9.97 Å². The Morgan fingerprint density at radius 2 is 1.88 bits per heavy atom. The van der Waals surface area contributed by atoms with Gasteiger partial charge in [0.25, 0.3) is 5.91 Å². The van der Waals surface area contributed by atoms with E-state index in [4.69, 9.17) is 4.42 Å². The maximum absolute atomic E-state index is 12.2. The number of carbonyl (C=O) groups excluding carboxylic acids is 1. The van der Waals surface area contributed by atoms with Crippen molar-refractivity contribution >= 4 is 23.0 Å². The van der Waals surface area contributed by atoms with Crippen LogP contribution in [-0.4, -0.2) is 26.0 Å². The molecular weight excluding hydrogens is 320 g/mol. The maximum atomic E-state index is 12.2. The molecule has 4 aromatic rings. The third kappa shape index (κ3) is 3.02. The lowest BCUT2D eigenvalue weighted by molar-refractivity contribution is 0.102. The Bertz CT molecular complexity index is 1020. The number of hydrogen-bond donors (Lipinski definition) is 2. The van der Waals surface area contributed by atoms with Crippen molar-refractivity contribution in [3.8, 4) is 17.2 Å². The van der Waals surface area contributed by atoms with Crippen molar-refractivity contribution in [1.82, 2.24) is 15.0 Å². The molecule has 0 aliphatic rings. The average Bonchev–Trinajstić information content (AvgIpc) is 3.07. The quantitative estimate of drug-likeness (QED) is 0.597. The number of carbonyl (C=O) groups is 1. The van der Waals surface area contributed by atoms with Crippen molar-refractivity contribution in [3.63, 3.8) is 0 Å². The van der Waals surface area contributed by atoms with Crippen LogP contribution in [0.5, 0.6) is 5.75 Å². The van der Waals surface area contributed by atoms with Crippen LogP contribution in [0.1, 0.15) is 10.4 Å². The number of pyridine rings is 2. The van der Waals surface area contributed by atoms with Crippen molar-refractivity contribution in [2.45, 2.75) is 0 Å². The van der Waals surface area contributed by atoms with E-state index in [2.05, 4.69) is 20.3 Å². The molecule has 0 atom stereocenters. The van der Waals surface area contributed by atoms with Gasteiger partial charge in [0.1, 0.15) is 11.6 Å². The molecular formula is C18H12N4O3. The maximum Gasteiger partial charge on any atom is 0.256 e. The van der Waals surface area contributed by atoms with E-state index in [1.54, 1.807) is 36.7 Å². The third-order valence-corrected chi connectivity index (χ3v) is 3.54. The lowest BCUT2D eigenvalue weighted by Crippen LogP contribution is -2.12. The Morgan fingerprint density at radius 1 is 1.04 bits per heavy atom. The summed E-state index contributed by atoms with van der Waals surface area (Å²) in [6.07, 6.45) is 3.20. The molecule has 0 unspecified atom stereocenters. The van der Waals surface area contributed by atoms with Gasteiger partial charge in [-0.05, 0) is 48.5 Å². The number of anilines is 1. The second-order valence-electron chi connectivity index (χ2n) is 5.27. The number of benzene rings is 1. The monoisotopic (exact) mass is 332 g/mol. The molecule has 0 saturated heterocycles. The first-order chi connectivity index (χ1) is 12.2. The van der Waals surface area contributed by atoms with E-state index in [9.17, 15) is 9.90 Å². The van der Waals surface area contributed by atoms with E-state index in [1.807, 2.05) is 0 Å². The standard InChI is InChI=1S/C18H12N4O3/c23-13-5-3-11(4-6-13)17(24)21-15-10-12(7-9-19-15)18-22-16-14(25-18)2-1-8-20-16/h1-10,23H,(H,19,21,24). The minimum absolute atomic E-state index is 0.0984. The number of hydrogen-bond acceptors (Lipinski definition) is 6. The molecule has 1 amide bonds. The molecule has 3 heterocycles. The lowest BCUT2D eigenvalue weighted by Gasteiger charge is -2.05. The topological polar surface area (TPSA) is 101 Å². The molecule has 0 bridgehead atoms. The van der Waals surface area contributed by atoms with Gasteiger partial charge in [-0.3, -0.25) is 4.79 Å². The molecule has 25 heavy (non-hydrogen) atoms. The van der Waals surface area contributed by atoms with Gasteiger partial charge < -0.3 is 14.8 Å². The molecule has 0 aliphatic heterocycles. The van der Waals surface area contributed by atoms with Gasteiger partial charge in [0.15, 0.2) is 11.2 Å². The highest BCUT2D eigenvalue weighted by Gasteiger charge is 2.11. The summed E-state index contributed by atoms with van der Waals surface area (Å²) in [5.41, 5.74) is 2.19. The van der Waals surface area contributed by atoms with Crippen molar-refractivity contribution in [2.24, 2.45) is 0 Å². The van der Waals surface area contributed by atoms with Crippen LogP contribution in [0.4, 0.5) is 5.82 Å². The van der Waals surface area contributed by atoms with E-state index >= 15 is 0 Å². The number of phenols is 1. The number of nitrogens with one attached hydrogen (secondary N) is 1. The van der Waals surface area contributed by atoms with Crippen LogP contribution in [0.25, 0.3) is 22.7 Å². The van der Waals surface area contributed by atoms with E-state index < -0.39 is 0 Å². The molecule has 3 aromatic heterocycles. The second-order valence-corrected chi connectivity index (χ2v) is 5.27. The van der Waals surface area contributed by atoms with E-state index in [0.29, 0.717) is 34.1 Å². The number of fused-ring (bicyclic) bond motifs is 1. The van der Waals surface area contributed by atoms with Crippen LogP contribution in [0, 0.1) is 0 Å². The van der Waals surface area contributed by atoms with Crippen molar-refractivity contribution in [3.05, 3.63) is 66.5 Å². The Morgan fingerprint density at radius 3 is 2.68 bits per heavy atom. The smallest absolute Gasteiger partial charge is 0.256 e. The van der Waals surface area contributed by atoms with Gasteiger partial charge in [-0.15, -0.1) is 0 Å². The normalized spacial score (nSPS) is 10.7. The zero-order chi connectivity index (χ0) is 17.2. The van der Waals surface area contributed by atoms with Crippen molar-refractivity contribution < 1.29 is 14.3 Å².